The first kappa shape index (κ1) is 12.5. The van der Waals surface area contributed by atoms with Crippen LogP contribution < -0.4 is 5.73 Å². The lowest BCUT2D eigenvalue weighted by Gasteiger charge is -2.06. The highest BCUT2D eigenvalue weighted by Gasteiger charge is 2.11. The largest absolute Gasteiger partial charge is 0.366 e. The Bertz CT molecular complexity index is 1010. The quantitative estimate of drug-likeness (QED) is 0.612. The Morgan fingerprint density at radius 2 is 2.05 bits per heavy atom. The second-order valence-electron chi connectivity index (χ2n) is 4.93. The molecule has 3 heterocycles. The number of nitrogens with two attached hydrogens (primary N) is 1. The van der Waals surface area contributed by atoms with Crippen molar-refractivity contribution in [1.29, 1.82) is 0 Å². The molecule has 6 heteroatoms. The highest BCUT2D eigenvalue weighted by atomic mass is 16.1. The Morgan fingerprint density at radius 1 is 1.14 bits per heavy atom. The molecule has 0 aliphatic heterocycles. The number of aromatic nitrogens is 4. The Balaban J connectivity index is 2.11. The fourth-order valence-electron chi connectivity index (χ4n) is 2.53. The van der Waals surface area contributed by atoms with E-state index in [9.17, 15) is 4.79 Å². The molecule has 0 aliphatic carbocycles. The van der Waals surface area contributed by atoms with Crippen molar-refractivity contribution in [2.75, 3.05) is 0 Å². The third kappa shape index (κ3) is 1.81. The van der Waals surface area contributed by atoms with Crippen molar-refractivity contribution in [2.45, 2.75) is 0 Å². The van der Waals surface area contributed by atoms with E-state index in [2.05, 4.69) is 15.1 Å². The van der Waals surface area contributed by atoms with Crippen LogP contribution in [0.3, 0.4) is 0 Å². The normalized spacial score (nSPS) is 11.1. The minimum atomic E-state index is -0.466. The van der Waals surface area contributed by atoms with E-state index >= 15 is 0 Å². The average Bonchev–Trinajstić information content (AvgIpc) is 2.99. The van der Waals surface area contributed by atoms with Crippen LogP contribution in [0.25, 0.3) is 27.5 Å². The molecule has 1 amide bonds. The number of nitrogens with zero attached hydrogens (tertiary/aromatic N) is 4. The predicted octanol–water partition coefficient (Wildman–Crippen LogP) is 2.07. The molecular formula is C16H11N5O. The molecular weight excluding hydrogens is 278 g/mol. The van der Waals surface area contributed by atoms with Crippen molar-refractivity contribution >= 4 is 27.7 Å². The molecule has 2 N–H and O–H groups in total. The molecule has 4 rings (SSSR count). The number of fused-ring (bicyclic) bond motifs is 3. The van der Waals surface area contributed by atoms with Crippen LogP contribution in [-0.4, -0.2) is 25.7 Å². The van der Waals surface area contributed by atoms with Gasteiger partial charge < -0.3 is 5.73 Å². The van der Waals surface area contributed by atoms with E-state index in [1.54, 1.807) is 47.7 Å². The van der Waals surface area contributed by atoms with Crippen molar-refractivity contribution in [3.05, 3.63) is 60.7 Å². The van der Waals surface area contributed by atoms with Gasteiger partial charge in [0.2, 0.25) is 5.91 Å². The molecule has 0 saturated carbocycles. The molecule has 0 unspecified atom stereocenters. The van der Waals surface area contributed by atoms with Gasteiger partial charge in [-0.2, -0.15) is 5.10 Å². The molecule has 0 bridgehead atoms. The Labute approximate surface area is 125 Å². The third-order valence-corrected chi connectivity index (χ3v) is 3.57. The molecule has 0 fully saturated rings. The van der Waals surface area contributed by atoms with Crippen molar-refractivity contribution in [3.63, 3.8) is 0 Å². The highest BCUT2D eigenvalue weighted by molar-refractivity contribution is 6.07. The molecule has 0 radical (unpaired) electrons. The molecule has 0 spiro atoms. The fourth-order valence-corrected chi connectivity index (χ4v) is 2.53. The summed E-state index contributed by atoms with van der Waals surface area (Å²) in [6.45, 7) is 0. The molecule has 0 saturated heterocycles. The molecule has 106 valence electrons. The minimum absolute atomic E-state index is 0.445. The number of carbonyl (C=O) groups excluding carboxylic acids is 1. The van der Waals surface area contributed by atoms with Gasteiger partial charge >= 0.3 is 0 Å². The van der Waals surface area contributed by atoms with Crippen molar-refractivity contribution in [2.24, 2.45) is 5.73 Å². The summed E-state index contributed by atoms with van der Waals surface area (Å²) in [5, 5.41) is 6.13. The summed E-state index contributed by atoms with van der Waals surface area (Å²) in [6.07, 6.45) is 6.95. The maximum Gasteiger partial charge on any atom is 0.248 e. The minimum Gasteiger partial charge on any atom is -0.366 e. The van der Waals surface area contributed by atoms with Crippen LogP contribution in [0.1, 0.15) is 10.4 Å². The summed E-state index contributed by atoms with van der Waals surface area (Å²) in [5.41, 5.74) is 8.33. The molecule has 0 aliphatic rings. The summed E-state index contributed by atoms with van der Waals surface area (Å²) in [6, 6.07) is 8.98. The van der Waals surface area contributed by atoms with Gasteiger partial charge in [0, 0.05) is 28.7 Å². The van der Waals surface area contributed by atoms with E-state index < -0.39 is 5.91 Å². The topological polar surface area (TPSA) is 86.7 Å². The molecule has 3 aromatic heterocycles. The SMILES string of the molecule is NC(=O)c1ccc2ncc3cnn(-c4cccnc4)c3c2c1. The van der Waals surface area contributed by atoms with Gasteiger partial charge in [0.15, 0.2) is 0 Å². The standard InChI is InChI=1S/C16H11N5O/c17-16(22)10-3-4-14-13(6-10)15-11(7-19-14)8-20-21(15)12-2-1-5-18-9-12/h1-9H,(H2,17,22). The Morgan fingerprint density at radius 3 is 2.82 bits per heavy atom. The number of pyridine rings is 2. The van der Waals surface area contributed by atoms with Crippen molar-refractivity contribution < 1.29 is 4.79 Å². The van der Waals surface area contributed by atoms with Crippen LogP contribution in [0.2, 0.25) is 0 Å². The molecule has 1 aromatic carbocycles. The molecule has 22 heavy (non-hydrogen) atoms. The summed E-state index contributed by atoms with van der Waals surface area (Å²) >= 11 is 0. The van der Waals surface area contributed by atoms with Gasteiger partial charge in [-0.15, -0.1) is 0 Å². The monoisotopic (exact) mass is 289 g/mol. The first-order valence-corrected chi connectivity index (χ1v) is 6.71. The molecule has 4 aromatic rings. The van der Waals surface area contributed by atoms with Crippen LogP contribution in [0.5, 0.6) is 0 Å². The molecule has 6 nitrogen and oxygen atoms in total. The van der Waals surface area contributed by atoms with Gasteiger partial charge in [-0.3, -0.25) is 14.8 Å². The van der Waals surface area contributed by atoms with Crippen LogP contribution >= 0.6 is 0 Å². The fraction of sp³-hybridized carbons (Fsp3) is 0. The van der Waals surface area contributed by atoms with Crippen molar-refractivity contribution in [3.8, 4) is 5.69 Å². The number of benzene rings is 1. The van der Waals surface area contributed by atoms with Crippen LogP contribution in [0.4, 0.5) is 0 Å². The maximum atomic E-state index is 11.4. The first-order chi connectivity index (χ1) is 10.7. The second-order valence-corrected chi connectivity index (χ2v) is 4.93. The van der Waals surface area contributed by atoms with Gasteiger partial charge in [-0.05, 0) is 30.3 Å². The average molecular weight is 289 g/mol. The summed E-state index contributed by atoms with van der Waals surface area (Å²) in [5.74, 6) is -0.466. The van der Waals surface area contributed by atoms with E-state index in [4.69, 9.17) is 5.73 Å². The molecule has 0 atom stereocenters. The zero-order valence-electron chi connectivity index (χ0n) is 11.5. The van der Waals surface area contributed by atoms with E-state index in [1.807, 2.05) is 12.1 Å². The van der Waals surface area contributed by atoms with Gasteiger partial charge in [0.1, 0.15) is 0 Å². The summed E-state index contributed by atoms with van der Waals surface area (Å²) < 4.78 is 1.79. The predicted molar refractivity (Wildman–Crippen MR) is 82.7 cm³/mol. The number of hydrogen-bond acceptors (Lipinski definition) is 4. The smallest absolute Gasteiger partial charge is 0.248 e. The van der Waals surface area contributed by atoms with Crippen LogP contribution in [-0.2, 0) is 0 Å². The lowest BCUT2D eigenvalue weighted by Crippen LogP contribution is -2.10. The number of hydrogen-bond donors (Lipinski definition) is 1. The van der Waals surface area contributed by atoms with Gasteiger partial charge in [0.25, 0.3) is 0 Å². The van der Waals surface area contributed by atoms with E-state index in [0.29, 0.717) is 5.56 Å². The third-order valence-electron chi connectivity index (χ3n) is 3.57. The van der Waals surface area contributed by atoms with Gasteiger partial charge in [-0.25, -0.2) is 4.68 Å². The second kappa shape index (κ2) is 4.63. The van der Waals surface area contributed by atoms with Crippen LogP contribution in [0, 0.1) is 0 Å². The first-order valence-electron chi connectivity index (χ1n) is 6.71. The lowest BCUT2D eigenvalue weighted by atomic mass is 10.1. The zero-order valence-corrected chi connectivity index (χ0v) is 11.5. The number of carbonyl (C=O) groups is 1. The Hall–Kier alpha value is -3.28. The lowest BCUT2D eigenvalue weighted by molar-refractivity contribution is 0.100. The maximum absolute atomic E-state index is 11.4. The summed E-state index contributed by atoms with van der Waals surface area (Å²) in [7, 11) is 0. The van der Waals surface area contributed by atoms with Gasteiger partial charge in [0.05, 0.1) is 29.1 Å². The van der Waals surface area contributed by atoms with E-state index in [1.165, 1.54) is 0 Å². The Kier molecular flexibility index (Phi) is 2.62. The van der Waals surface area contributed by atoms with Crippen molar-refractivity contribution in [1.82, 2.24) is 19.7 Å². The number of amides is 1. The highest BCUT2D eigenvalue weighted by Crippen LogP contribution is 2.26. The van der Waals surface area contributed by atoms with E-state index in [0.717, 1.165) is 27.5 Å². The zero-order chi connectivity index (χ0) is 15.1. The number of rotatable bonds is 2. The van der Waals surface area contributed by atoms with E-state index in [-0.39, 0.29) is 0 Å². The number of primary amides is 1. The van der Waals surface area contributed by atoms with Crippen LogP contribution in [0.15, 0.2) is 55.1 Å². The summed E-state index contributed by atoms with van der Waals surface area (Å²) in [4.78, 5) is 20.0. The van der Waals surface area contributed by atoms with Gasteiger partial charge in [-0.1, -0.05) is 0 Å².